The number of benzene rings is 8. The predicted octanol–water partition coefficient (Wildman–Crippen LogP) is 12.2. The molecule has 11 aromatic rings. The van der Waals surface area contributed by atoms with Crippen molar-refractivity contribution < 1.29 is 4.42 Å². The van der Waals surface area contributed by atoms with Crippen LogP contribution in [-0.4, -0.2) is 19.5 Å². The molecule has 0 spiro atoms. The van der Waals surface area contributed by atoms with Gasteiger partial charge in [-0.15, -0.1) is 0 Å². The van der Waals surface area contributed by atoms with Crippen molar-refractivity contribution in [3.63, 3.8) is 0 Å². The number of hydrogen-bond donors (Lipinski definition) is 0. The Morgan fingerprint density at radius 2 is 1.04 bits per heavy atom. The van der Waals surface area contributed by atoms with Crippen molar-refractivity contribution >= 4 is 65.3 Å². The molecule has 0 aliphatic heterocycles. The summed E-state index contributed by atoms with van der Waals surface area (Å²) in [5, 5.41) is 9.12. The summed E-state index contributed by atoms with van der Waals surface area (Å²) in [7, 11) is 0. The Hall–Kier alpha value is -7.11. The van der Waals surface area contributed by atoms with Crippen molar-refractivity contribution in [3.05, 3.63) is 170 Å². The topological polar surface area (TPSA) is 56.7 Å². The molecule has 0 unspecified atom stereocenters. The van der Waals surface area contributed by atoms with Gasteiger partial charge in [-0.3, -0.25) is 0 Å². The maximum atomic E-state index is 6.51. The van der Waals surface area contributed by atoms with Crippen molar-refractivity contribution in [1.29, 1.82) is 0 Å². The van der Waals surface area contributed by atoms with Crippen LogP contribution in [0.2, 0.25) is 0 Å². The first-order valence-electron chi connectivity index (χ1n) is 17.5. The van der Waals surface area contributed by atoms with E-state index in [0.717, 1.165) is 66.1 Å². The fourth-order valence-corrected chi connectivity index (χ4v) is 7.93. The van der Waals surface area contributed by atoms with Gasteiger partial charge in [0, 0.05) is 27.1 Å². The van der Waals surface area contributed by atoms with Gasteiger partial charge in [-0.2, -0.15) is 0 Å². The van der Waals surface area contributed by atoms with Crippen LogP contribution in [0, 0.1) is 0 Å². The second-order valence-corrected chi connectivity index (χ2v) is 13.2. The number of nitrogens with zero attached hydrogens (tertiary/aromatic N) is 4. The summed E-state index contributed by atoms with van der Waals surface area (Å²) >= 11 is 0. The predicted molar refractivity (Wildman–Crippen MR) is 213 cm³/mol. The first-order chi connectivity index (χ1) is 25.8. The molecule has 0 atom stereocenters. The smallest absolute Gasteiger partial charge is 0.167 e. The third-order valence-corrected chi connectivity index (χ3v) is 10.2. The van der Waals surface area contributed by atoms with E-state index >= 15 is 0 Å². The van der Waals surface area contributed by atoms with Gasteiger partial charge in [0.1, 0.15) is 11.2 Å². The quantitative estimate of drug-likeness (QED) is 0.188. The largest absolute Gasteiger partial charge is 0.455 e. The van der Waals surface area contributed by atoms with Gasteiger partial charge in [0.15, 0.2) is 17.5 Å². The highest BCUT2D eigenvalue weighted by atomic mass is 16.3. The lowest BCUT2D eigenvalue weighted by atomic mass is 10.0. The summed E-state index contributed by atoms with van der Waals surface area (Å²) < 4.78 is 8.89. The number of hydrogen-bond acceptors (Lipinski definition) is 4. The first kappa shape index (κ1) is 28.7. The maximum absolute atomic E-state index is 6.51. The molecular weight excluding hydrogens is 637 g/mol. The summed E-state index contributed by atoms with van der Waals surface area (Å²) in [5.74, 6) is 1.75. The highest BCUT2D eigenvalue weighted by molar-refractivity contribution is 6.22. The summed E-state index contributed by atoms with van der Waals surface area (Å²) in [6.45, 7) is 0. The molecule has 0 saturated carbocycles. The highest BCUT2D eigenvalue weighted by Crippen LogP contribution is 2.42. The standard InChI is InChI=1S/C47H28N4O/c1-2-15-31(16-3-1)45-48-46(37-22-12-21-35-34-19-9-11-24-41(34)52-44(35)37)50-47(49-45)43-33-18-7-5-14-30(33)26-28-40(43)51-38-23-10-8-20-36(38)42-32-17-6-4-13-29(32)25-27-39(42)51/h1-28H. The minimum Gasteiger partial charge on any atom is -0.455 e. The van der Waals surface area contributed by atoms with Crippen molar-refractivity contribution in [2.75, 3.05) is 0 Å². The Morgan fingerprint density at radius 1 is 0.404 bits per heavy atom. The molecule has 0 aliphatic carbocycles. The number of fused-ring (bicyclic) bond motifs is 9. The molecule has 8 aromatic carbocycles. The van der Waals surface area contributed by atoms with Crippen molar-refractivity contribution in [2.24, 2.45) is 0 Å². The zero-order chi connectivity index (χ0) is 34.2. The molecule has 0 radical (unpaired) electrons. The van der Waals surface area contributed by atoms with E-state index in [1.54, 1.807) is 0 Å². The second-order valence-electron chi connectivity index (χ2n) is 13.2. The minimum atomic E-state index is 0.556. The van der Waals surface area contributed by atoms with E-state index in [1.165, 1.54) is 21.5 Å². The van der Waals surface area contributed by atoms with Crippen LogP contribution in [0.15, 0.2) is 174 Å². The summed E-state index contributed by atoms with van der Waals surface area (Å²) in [6.07, 6.45) is 0. The summed E-state index contributed by atoms with van der Waals surface area (Å²) in [6, 6.07) is 59.1. The molecule has 0 saturated heterocycles. The SMILES string of the molecule is c1ccc(-c2nc(-c3c(-n4c5ccccc5c5c6ccccc6ccc54)ccc4ccccc34)nc(-c3cccc4c3oc3ccccc34)n2)cc1. The molecule has 0 amide bonds. The number of rotatable bonds is 4. The third-order valence-electron chi connectivity index (χ3n) is 10.2. The van der Waals surface area contributed by atoms with Gasteiger partial charge in [-0.25, -0.2) is 15.0 Å². The van der Waals surface area contributed by atoms with Crippen LogP contribution >= 0.6 is 0 Å². The molecule has 5 nitrogen and oxygen atoms in total. The molecule has 52 heavy (non-hydrogen) atoms. The van der Waals surface area contributed by atoms with Gasteiger partial charge in [0.2, 0.25) is 0 Å². The van der Waals surface area contributed by atoms with Gasteiger partial charge in [-0.1, -0.05) is 140 Å². The molecule has 0 bridgehead atoms. The van der Waals surface area contributed by atoms with E-state index in [2.05, 4.69) is 120 Å². The average molecular weight is 665 g/mol. The molecule has 3 aromatic heterocycles. The van der Waals surface area contributed by atoms with Crippen LogP contribution < -0.4 is 0 Å². The van der Waals surface area contributed by atoms with E-state index < -0.39 is 0 Å². The van der Waals surface area contributed by atoms with Crippen LogP contribution in [0.1, 0.15) is 0 Å². The molecule has 0 aliphatic rings. The van der Waals surface area contributed by atoms with E-state index in [-0.39, 0.29) is 0 Å². The van der Waals surface area contributed by atoms with Gasteiger partial charge >= 0.3 is 0 Å². The van der Waals surface area contributed by atoms with Gasteiger partial charge in [-0.05, 0) is 51.9 Å². The Morgan fingerprint density at radius 3 is 1.90 bits per heavy atom. The van der Waals surface area contributed by atoms with Crippen LogP contribution in [0.5, 0.6) is 0 Å². The minimum absolute atomic E-state index is 0.556. The fourth-order valence-electron chi connectivity index (χ4n) is 7.93. The molecule has 11 rings (SSSR count). The number of furan rings is 1. The normalized spacial score (nSPS) is 11.8. The van der Waals surface area contributed by atoms with Crippen LogP contribution in [0.4, 0.5) is 0 Å². The Kier molecular flexibility index (Phi) is 6.18. The number of para-hydroxylation sites is 3. The molecule has 0 N–H and O–H groups in total. The van der Waals surface area contributed by atoms with Crippen LogP contribution in [-0.2, 0) is 0 Å². The van der Waals surface area contributed by atoms with Gasteiger partial charge in [0.25, 0.3) is 0 Å². The Bertz CT molecular complexity index is 3190. The molecular formula is C47H28N4O. The van der Waals surface area contributed by atoms with E-state index in [9.17, 15) is 0 Å². The molecule has 3 heterocycles. The zero-order valence-corrected chi connectivity index (χ0v) is 27.9. The van der Waals surface area contributed by atoms with Crippen molar-refractivity contribution in [3.8, 4) is 39.9 Å². The maximum Gasteiger partial charge on any atom is 0.167 e. The molecule has 0 fully saturated rings. The van der Waals surface area contributed by atoms with Gasteiger partial charge in [0.05, 0.1) is 27.8 Å². The molecule has 5 heteroatoms. The number of aromatic nitrogens is 4. The lowest BCUT2D eigenvalue weighted by molar-refractivity contribution is 0.669. The van der Waals surface area contributed by atoms with Crippen LogP contribution in [0.25, 0.3) is 105 Å². The molecule has 242 valence electrons. The lowest BCUT2D eigenvalue weighted by Gasteiger charge is -2.17. The highest BCUT2D eigenvalue weighted by Gasteiger charge is 2.23. The van der Waals surface area contributed by atoms with E-state index in [1.807, 2.05) is 54.6 Å². The lowest BCUT2D eigenvalue weighted by Crippen LogP contribution is -2.04. The van der Waals surface area contributed by atoms with Gasteiger partial charge < -0.3 is 8.98 Å². The van der Waals surface area contributed by atoms with E-state index in [4.69, 9.17) is 19.4 Å². The Balaban J connectivity index is 1.26. The van der Waals surface area contributed by atoms with Crippen molar-refractivity contribution in [2.45, 2.75) is 0 Å². The third kappa shape index (κ3) is 4.26. The monoisotopic (exact) mass is 664 g/mol. The fraction of sp³-hybridized carbons (Fsp3) is 0. The average Bonchev–Trinajstić information content (AvgIpc) is 3.77. The first-order valence-corrected chi connectivity index (χ1v) is 17.5. The zero-order valence-electron chi connectivity index (χ0n) is 27.9. The summed E-state index contributed by atoms with van der Waals surface area (Å²) in [5.41, 5.74) is 7.50. The van der Waals surface area contributed by atoms with E-state index in [0.29, 0.717) is 17.5 Å². The Labute approximate surface area is 298 Å². The second kappa shape index (κ2) is 11.2. The van der Waals surface area contributed by atoms with Crippen LogP contribution in [0.3, 0.4) is 0 Å². The summed E-state index contributed by atoms with van der Waals surface area (Å²) in [4.78, 5) is 15.8. The van der Waals surface area contributed by atoms with Crippen molar-refractivity contribution in [1.82, 2.24) is 19.5 Å².